The van der Waals surface area contributed by atoms with Crippen LogP contribution in [0.4, 0.5) is 0 Å². The molecule has 7 heteroatoms. The van der Waals surface area contributed by atoms with Crippen LogP contribution in [0, 0.1) is 0 Å². The fraction of sp³-hybridized carbons (Fsp3) is 0.370. The van der Waals surface area contributed by atoms with Gasteiger partial charge in [-0.2, -0.15) is 0 Å². The molecule has 1 unspecified atom stereocenters. The number of benzene rings is 2. The zero-order valence-electron chi connectivity index (χ0n) is 19.8. The molecule has 0 bridgehead atoms. The molecule has 6 nitrogen and oxygen atoms in total. The molecule has 0 spiro atoms. The number of rotatable bonds is 14. The highest BCUT2D eigenvalue weighted by Gasteiger charge is 2.26. The Morgan fingerprint density at radius 3 is 2.47 bits per heavy atom. The monoisotopic (exact) mass is 484 g/mol. The van der Waals surface area contributed by atoms with E-state index in [9.17, 15) is 14.4 Å². The molecular weight excluding hydrogens is 452 g/mol. The molecule has 2 aromatic rings. The summed E-state index contributed by atoms with van der Waals surface area (Å²) < 4.78 is 5.41. The van der Waals surface area contributed by atoms with E-state index >= 15 is 0 Å². The number of carbonyl (C=O) groups is 3. The third-order valence-corrected chi connectivity index (χ3v) is 5.45. The van der Waals surface area contributed by atoms with E-state index in [1.54, 1.807) is 36.4 Å². The van der Waals surface area contributed by atoms with E-state index in [0.717, 1.165) is 17.5 Å². The number of nitrogens with one attached hydrogen (secondary N) is 2. The number of ketones is 1. The zero-order chi connectivity index (χ0) is 24.8. The molecule has 2 amide bonds. The first-order chi connectivity index (χ1) is 16.5. The van der Waals surface area contributed by atoms with E-state index in [1.165, 1.54) is 0 Å². The van der Waals surface area contributed by atoms with Crippen molar-refractivity contribution < 1.29 is 19.1 Å². The summed E-state index contributed by atoms with van der Waals surface area (Å²) in [5.41, 5.74) is 2.37. The number of Topliss-reactive ketones (excluding diaryl/α,β-unsaturated/α-hetero) is 1. The van der Waals surface area contributed by atoms with Gasteiger partial charge in [0, 0.05) is 23.7 Å². The maximum atomic E-state index is 12.9. The SMILES string of the molecule is CCCOC/C=C/CC(NC(=O)c1ccccc1CC)C(=O)C(=O)NCCc1ccc(Cl)cc1. The average molecular weight is 485 g/mol. The first-order valence-electron chi connectivity index (χ1n) is 11.6. The number of hydrogen-bond donors (Lipinski definition) is 2. The molecule has 0 aromatic heterocycles. The first kappa shape index (κ1) is 27.3. The van der Waals surface area contributed by atoms with Crippen molar-refractivity contribution in [3.05, 3.63) is 82.4 Å². The van der Waals surface area contributed by atoms with Crippen molar-refractivity contribution in [1.82, 2.24) is 10.6 Å². The van der Waals surface area contributed by atoms with Crippen molar-refractivity contribution in [3.8, 4) is 0 Å². The third-order valence-electron chi connectivity index (χ3n) is 5.20. The van der Waals surface area contributed by atoms with Gasteiger partial charge >= 0.3 is 0 Å². The summed E-state index contributed by atoms with van der Waals surface area (Å²) in [5.74, 6) is -1.78. The molecule has 0 saturated heterocycles. The van der Waals surface area contributed by atoms with Crippen LogP contribution in [0.25, 0.3) is 0 Å². The second-order valence-corrected chi connectivity index (χ2v) is 8.25. The van der Waals surface area contributed by atoms with Gasteiger partial charge < -0.3 is 15.4 Å². The Bertz CT molecular complexity index is 973. The lowest BCUT2D eigenvalue weighted by Crippen LogP contribution is -2.47. The Morgan fingerprint density at radius 2 is 1.76 bits per heavy atom. The van der Waals surface area contributed by atoms with Gasteiger partial charge in [0.05, 0.1) is 6.61 Å². The van der Waals surface area contributed by atoms with Crippen LogP contribution < -0.4 is 10.6 Å². The van der Waals surface area contributed by atoms with Crippen LogP contribution in [-0.2, 0) is 27.2 Å². The molecule has 0 saturated carbocycles. The molecule has 0 heterocycles. The van der Waals surface area contributed by atoms with Gasteiger partial charge in [-0.3, -0.25) is 14.4 Å². The van der Waals surface area contributed by atoms with Gasteiger partial charge in [0.15, 0.2) is 0 Å². The summed E-state index contributed by atoms with van der Waals surface area (Å²) in [4.78, 5) is 38.4. The van der Waals surface area contributed by atoms with Gasteiger partial charge in [-0.25, -0.2) is 0 Å². The molecule has 0 radical (unpaired) electrons. The molecule has 2 N–H and O–H groups in total. The topological polar surface area (TPSA) is 84.5 Å². The smallest absolute Gasteiger partial charge is 0.289 e. The molecule has 182 valence electrons. The third kappa shape index (κ3) is 9.12. The maximum Gasteiger partial charge on any atom is 0.289 e. The van der Waals surface area contributed by atoms with Gasteiger partial charge in [0.25, 0.3) is 11.8 Å². The lowest BCUT2D eigenvalue weighted by atomic mass is 10.0. The quantitative estimate of drug-likeness (QED) is 0.238. The van der Waals surface area contributed by atoms with Crippen LogP contribution in [0.2, 0.25) is 5.02 Å². The van der Waals surface area contributed by atoms with E-state index in [0.29, 0.717) is 43.2 Å². The average Bonchev–Trinajstić information content (AvgIpc) is 2.85. The Balaban J connectivity index is 2.02. The molecule has 0 aliphatic carbocycles. The van der Waals surface area contributed by atoms with Gasteiger partial charge in [-0.15, -0.1) is 0 Å². The highest BCUT2D eigenvalue weighted by atomic mass is 35.5. The van der Waals surface area contributed by atoms with Crippen LogP contribution in [0.1, 0.15) is 48.2 Å². The number of ether oxygens (including phenoxy) is 1. The van der Waals surface area contributed by atoms with Crippen LogP contribution >= 0.6 is 11.6 Å². The van der Waals surface area contributed by atoms with Crippen molar-refractivity contribution >= 4 is 29.2 Å². The normalized spacial score (nSPS) is 11.9. The molecule has 2 aromatic carbocycles. The van der Waals surface area contributed by atoms with Crippen LogP contribution in [0.15, 0.2) is 60.7 Å². The van der Waals surface area contributed by atoms with E-state index in [4.69, 9.17) is 16.3 Å². The fourth-order valence-electron chi connectivity index (χ4n) is 3.33. The standard InChI is InChI=1S/C27H33ClN2O4/c1-3-18-34-19-8-7-11-24(30-26(32)23-10-6-5-9-21(23)4-2)25(31)27(33)29-17-16-20-12-14-22(28)15-13-20/h5-10,12-15,24H,3-4,11,16-19H2,1-2H3,(H,29,33)(H,30,32)/b8-7+. The molecule has 0 aliphatic heterocycles. The number of halogens is 1. The van der Waals surface area contributed by atoms with Gasteiger partial charge in [0.2, 0.25) is 5.78 Å². The second kappa shape index (κ2) is 15.0. The first-order valence-corrected chi connectivity index (χ1v) is 12.0. The van der Waals surface area contributed by atoms with Crippen LogP contribution in [0.5, 0.6) is 0 Å². The van der Waals surface area contributed by atoms with Crippen molar-refractivity contribution in [2.24, 2.45) is 0 Å². The highest BCUT2D eigenvalue weighted by molar-refractivity contribution is 6.38. The Kier molecular flexibility index (Phi) is 12.1. The summed E-state index contributed by atoms with van der Waals surface area (Å²) in [7, 11) is 0. The van der Waals surface area contributed by atoms with Gasteiger partial charge in [0.1, 0.15) is 6.04 Å². The summed E-state index contributed by atoms with van der Waals surface area (Å²) in [5, 5.41) is 6.05. The number of carbonyl (C=O) groups excluding carboxylic acids is 3. The lowest BCUT2D eigenvalue weighted by Gasteiger charge is -2.17. The molecule has 1 atom stereocenters. The molecular formula is C27H33ClN2O4. The van der Waals surface area contributed by atoms with E-state index in [2.05, 4.69) is 10.6 Å². The Labute approximate surface area is 206 Å². The summed E-state index contributed by atoms with van der Waals surface area (Å²) in [6, 6.07) is 13.6. The summed E-state index contributed by atoms with van der Waals surface area (Å²) in [6.45, 7) is 5.34. The lowest BCUT2D eigenvalue weighted by molar-refractivity contribution is -0.138. The van der Waals surface area contributed by atoms with Gasteiger partial charge in [-0.1, -0.05) is 67.9 Å². The minimum atomic E-state index is -0.977. The predicted molar refractivity (Wildman–Crippen MR) is 135 cm³/mol. The molecule has 34 heavy (non-hydrogen) atoms. The van der Waals surface area contributed by atoms with Crippen LogP contribution in [-0.4, -0.2) is 43.4 Å². The number of aryl methyl sites for hydroxylation is 1. The zero-order valence-corrected chi connectivity index (χ0v) is 20.6. The fourth-order valence-corrected chi connectivity index (χ4v) is 3.46. The van der Waals surface area contributed by atoms with E-state index < -0.39 is 17.7 Å². The van der Waals surface area contributed by atoms with E-state index in [1.807, 2.05) is 38.1 Å². The second-order valence-electron chi connectivity index (χ2n) is 7.82. The van der Waals surface area contributed by atoms with Crippen molar-refractivity contribution in [2.45, 2.75) is 45.6 Å². The largest absolute Gasteiger partial charge is 0.377 e. The summed E-state index contributed by atoms with van der Waals surface area (Å²) in [6.07, 6.45) is 5.90. The Morgan fingerprint density at radius 1 is 1.03 bits per heavy atom. The van der Waals surface area contributed by atoms with Gasteiger partial charge in [-0.05, 0) is 55.0 Å². The van der Waals surface area contributed by atoms with Crippen molar-refractivity contribution in [2.75, 3.05) is 19.8 Å². The minimum Gasteiger partial charge on any atom is -0.377 e. The highest BCUT2D eigenvalue weighted by Crippen LogP contribution is 2.11. The molecule has 0 fully saturated rings. The number of amides is 2. The maximum absolute atomic E-state index is 12.9. The molecule has 2 rings (SSSR count). The minimum absolute atomic E-state index is 0.193. The number of hydrogen-bond acceptors (Lipinski definition) is 4. The summed E-state index contributed by atoms with van der Waals surface area (Å²) >= 11 is 5.89. The van der Waals surface area contributed by atoms with Crippen molar-refractivity contribution in [1.29, 1.82) is 0 Å². The Hall–Kier alpha value is -2.96. The molecule has 0 aliphatic rings. The van der Waals surface area contributed by atoms with E-state index in [-0.39, 0.29) is 12.3 Å². The predicted octanol–water partition coefficient (Wildman–Crippen LogP) is 4.30. The van der Waals surface area contributed by atoms with Crippen molar-refractivity contribution in [3.63, 3.8) is 0 Å². The van der Waals surface area contributed by atoms with Crippen LogP contribution in [0.3, 0.4) is 0 Å².